The fourth-order valence-electron chi connectivity index (χ4n) is 2.01. The Hall–Kier alpha value is -1.35. The molecule has 0 heterocycles. The van der Waals surface area contributed by atoms with Crippen molar-refractivity contribution in [3.05, 3.63) is 34.9 Å². The first-order valence-electron chi connectivity index (χ1n) is 6.68. The lowest BCUT2D eigenvalue weighted by Gasteiger charge is -2.09. The SMILES string of the molecule is Cc1ccc(CNC(=O)CNCC2CC2)c(C)c1. The van der Waals surface area contributed by atoms with E-state index in [0.29, 0.717) is 13.1 Å². The van der Waals surface area contributed by atoms with E-state index in [1.165, 1.54) is 29.5 Å². The predicted molar refractivity (Wildman–Crippen MR) is 73.4 cm³/mol. The van der Waals surface area contributed by atoms with Gasteiger partial charge in [-0.05, 0) is 50.3 Å². The van der Waals surface area contributed by atoms with Gasteiger partial charge < -0.3 is 10.6 Å². The summed E-state index contributed by atoms with van der Waals surface area (Å²) in [5.74, 6) is 0.896. The minimum Gasteiger partial charge on any atom is -0.351 e. The van der Waals surface area contributed by atoms with Crippen LogP contribution in [0.25, 0.3) is 0 Å². The average Bonchev–Trinajstić information content (AvgIpc) is 3.12. The van der Waals surface area contributed by atoms with Gasteiger partial charge >= 0.3 is 0 Å². The van der Waals surface area contributed by atoms with Crippen LogP contribution in [0.15, 0.2) is 18.2 Å². The van der Waals surface area contributed by atoms with Gasteiger partial charge in [-0.2, -0.15) is 0 Å². The van der Waals surface area contributed by atoms with E-state index in [-0.39, 0.29) is 5.91 Å². The lowest BCUT2D eigenvalue weighted by Crippen LogP contribution is -2.34. The van der Waals surface area contributed by atoms with Gasteiger partial charge in [-0.25, -0.2) is 0 Å². The Labute approximate surface area is 109 Å². The van der Waals surface area contributed by atoms with Gasteiger partial charge in [-0.1, -0.05) is 23.8 Å². The number of hydrogen-bond acceptors (Lipinski definition) is 2. The molecule has 1 saturated carbocycles. The minimum atomic E-state index is 0.0793. The molecular formula is C15H22N2O. The van der Waals surface area contributed by atoms with Crippen LogP contribution in [-0.2, 0) is 11.3 Å². The molecule has 0 bridgehead atoms. The van der Waals surface area contributed by atoms with Gasteiger partial charge in [0.15, 0.2) is 0 Å². The van der Waals surface area contributed by atoms with E-state index in [9.17, 15) is 4.79 Å². The molecule has 2 N–H and O–H groups in total. The number of amides is 1. The molecule has 1 aliphatic carbocycles. The summed E-state index contributed by atoms with van der Waals surface area (Å²) in [5.41, 5.74) is 3.69. The number of nitrogens with one attached hydrogen (secondary N) is 2. The second kappa shape index (κ2) is 6.01. The second-order valence-electron chi connectivity index (χ2n) is 5.28. The van der Waals surface area contributed by atoms with Crippen molar-refractivity contribution in [2.24, 2.45) is 5.92 Å². The van der Waals surface area contributed by atoms with Crippen molar-refractivity contribution in [1.82, 2.24) is 10.6 Å². The standard InChI is InChI=1S/C15H22N2O/c1-11-3-6-14(12(2)7-11)9-17-15(18)10-16-8-13-4-5-13/h3,6-7,13,16H,4-5,8-10H2,1-2H3,(H,17,18). The van der Waals surface area contributed by atoms with Crippen molar-refractivity contribution in [3.63, 3.8) is 0 Å². The summed E-state index contributed by atoms with van der Waals surface area (Å²) in [7, 11) is 0. The van der Waals surface area contributed by atoms with E-state index in [1.54, 1.807) is 0 Å². The van der Waals surface area contributed by atoms with Gasteiger partial charge in [-0.3, -0.25) is 4.79 Å². The van der Waals surface area contributed by atoms with Gasteiger partial charge in [0.1, 0.15) is 0 Å². The zero-order valence-electron chi connectivity index (χ0n) is 11.3. The number of benzene rings is 1. The molecule has 0 aromatic heterocycles. The van der Waals surface area contributed by atoms with Crippen LogP contribution in [0.1, 0.15) is 29.5 Å². The number of aryl methyl sites for hydroxylation is 2. The first-order valence-corrected chi connectivity index (χ1v) is 6.68. The molecule has 1 aromatic rings. The van der Waals surface area contributed by atoms with E-state index in [1.807, 2.05) is 0 Å². The second-order valence-corrected chi connectivity index (χ2v) is 5.28. The van der Waals surface area contributed by atoms with Crippen LogP contribution >= 0.6 is 0 Å². The Morgan fingerprint density at radius 1 is 1.33 bits per heavy atom. The van der Waals surface area contributed by atoms with Crippen LogP contribution in [-0.4, -0.2) is 19.0 Å². The quantitative estimate of drug-likeness (QED) is 0.805. The highest BCUT2D eigenvalue weighted by atomic mass is 16.1. The average molecular weight is 246 g/mol. The van der Waals surface area contributed by atoms with Crippen molar-refractivity contribution in [1.29, 1.82) is 0 Å². The highest BCUT2D eigenvalue weighted by molar-refractivity contribution is 5.78. The third-order valence-electron chi connectivity index (χ3n) is 3.39. The van der Waals surface area contributed by atoms with Gasteiger partial charge in [0.25, 0.3) is 0 Å². The smallest absolute Gasteiger partial charge is 0.234 e. The summed E-state index contributed by atoms with van der Waals surface area (Å²) in [6.45, 7) is 6.20. The molecule has 0 atom stereocenters. The van der Waals surface area contributed by atoms with Crippen molar-refractivity contribution in [3.8, 4) is 0 Å². The van der Waals surface area contributed by atoms with Crippen LogP contribution in [0, 0.1) is 19.8 Å². The maximum atomic E-state index is 11.6. The highest BCUT2D eigenvalue weighted by Gasteiger charge is 2.20. The molecule has 0 aliphatic heterocycles. The maximum Gasteiger partial charge on any atom is 0.234 e. The third-order valence-corrected chi connectivity index (χ3v) is 3.39. The van der Waals surface area contributed by atoms with E-state index >= 15 is 0 Å². The molecule has 18 heavy (non-hydrogen) atoms. The zero-order chi connectivity index (χ0) is 13.0. The molecule has 1 fully saturated rings. The van der Waals surface area contributed by atoms with Gasteiger partial charge in [0.05, 0.1) is 6.54 Å². The molecule has 0 unspecified atom stereocenters. The van der Waals surface area contributed by atoms with Gasteiger partial charge in [0.2, 0.25) is 5.91 Å². The summed E-state index contributed by atoms with van der Waals surface area (Å²) in [4.78, 5) is 11.6. The van der Waals surface area contributed by atoms with Crippen molar-refractivity contribution in [2.75, 3.05) is 13.1 Å². The molecule has 1 amide bonds. The lowest BCUT2D eigenvalue weighted by molar-refractivity contribution is -0.120. The largest absolute Gasteiger partial charge is 0.351 e. The van der Waals surface area contributed by atoms with Crippen molar-refractivity contribution >= 4 is 5.91 Å². The molecule has 2 rings (SSSR count). The molecule has 1 aromatic carbocycles. The molecule has 3 nitrogen and oxygen atoms in total. The zero-order valence-corrected chi connectivity index (χ0v) is 11.3. The topological polar surface area (TPSA) is 41.1 Å². The summed E-state index contributed by atoms with van der Waals surface area (Å²) in [6.07, 6.45) is 2.63. The third kappa shape index (κ3) is 4.15. The lowest BCUT2D eigenvalue weighted by atomic mass is 10.1. The monoisotopic (exact) mass is 246 g/mol. The maximum absolute atomic E-state index is 11.6. The summed E-state index contributed by atoms with van der Waals surface area (Å²) in [5, 5.41) is 6.15. The summed E-state index contributed by atoms with van der Waals surface area (Å²) < 4.78 is 0. The number of hydrogen-bond donors (Lipinski definition) is 2. The van der Waals surface area contributed by atoms with Gasteiger partial charge in [0, 0.05) is 6.54 Å². The normalized spacial score (nSPS) is 14.6. The highest BCUT2D eigenvalue weighted by Crippen LogP contribution is 2.27. The Balaban J connectivity index is 1.70. The fourth-order valence-corrected chi connectivity index (χ4v) is 2.01. The summed E-state index contributed by atoms with van der Waals surface area (Å²) in [6, 6.07) is 6.31. The van der Waals surface area contributed by atoms with Crippen molar-refractivity contribution in [2.45, 2.75) is 33.2 Å². The van der Waals surface area contributed by atoms with Crippen LogP contribution in [0.3, 0.4) is 0 Å². The van der Waals surface area contributed by atoms with Gasteiger partial charge in [-0.15, -0.1) is 0 Å². The van der Waals surface area contributed by atoms with Crippen LogP contribution < -0.4 is 10.6 Å². The predicted octanol–water partition coefficient (Wildman–Crippen LogP) is 1.92. The number of rotatable bonds is 6. The Kier molecular flexibility index (Phi) is 4.37. The molecule has 0 radical (unpaired) electrons. The van der Waals surface area contributed by atoms with Crippen LogP contribution in [0.4, 0.5) is 0 Å². The Morgan fingerprint density at radius 2 is 2.11 bits per heavy atom. The van der Waals surface area contributed by atoms with E-state index < -0.39 is 0 Å². The molecular weight excluding hydrogens is 224 g/mol. The van der Waals surface area contributed by atoms with E-state index in [4.69, 9.17) is 0 Å². The molecule has 0 saturated heterocycles. The van der Waals surface area contributed by atoms with Crippen LogP contribution in [0.5, 0.6) is 0 Å². The first kappa shape index (κ1) is 13.1. The molecule has 98 valence electrons. The first-order chi connectivity index (χ1) is 8.65. The number of carbonyl (C=O) groups is 1. The fraction of sp³-hybridized carbons (Fsp3) is 0.533. The van der Waals surface area contributed by atoms with E-state index in [2.05, 4.69) is 42.7 Å². The van der Waals surface area contributed by atoms with E-state index in [0.717, 1.165) is 12.5 Å². The molecule has 0 spiro atoms. The summed E-state index contributed by atoms with van der Waals surface area (Å²) >= 11 is 0. The Morgan fingerprint density at radius 3 is 2.78 bits per heavy atom. The molecule has 1 aliphatic rings. The minimum absolute atomic E-state index is 0.0793. The van der Waals surface area contributed by atoms with Crippen LogP contribution in [0.2, 0.25) is 0 Å². The van der Waals surface area contributed by atoms with Crippen molar-refractivity contribution < 1.29 is 4.79 Å². The molecule has 3 heteroatoms. The number of carbonyl (C=O) groups excluding carboxylic acids is 1. The Bertz CT molecular complexity index is 425.